The number of fused-ring (bicyclic) bond motifs is 1. The average Bonchev–Trinajstić information content (AvgIpc) is 2.72. The zero-order valence-electron chi connectivity index (χ0n) is 15.0. The van der Waals surface area contributed by atoms with Crippen LogP contribution in [-0.2, 0) is 13.2 Å². The maximum Gasteiger partial charge on any atom is 0.276 e. The Balaban J connectivity index is 1.54. The number of benzene rings is 2. The van der Waals surface area contributed by atoms with E-state index in [1.165, 1.54) is 17.0 Å². The summed E-state index contributed by atoms with van der Waals surface area (Å²) in [7, 11) is 0. The molecule has 146 valence electrons. The molecule has 0 atom stereocenters. The van der Waals surface area contributed by atoms with Gasteiger partial charge in [0.1, 0.15) is 24.6 Å². The maximum atomic E-state index is 13.7. The topological polar surface area (TPSA) is 57.0 Å². The highest BCUT2D eigenvalue weighted by Crippen LogP contribution is 2.20. The fraction of sp³-hybridized carbons (Fsp3) is 0.0952. The molecule has 29 heavy (non-hydrogen) atoms. The van der Waals surface area contributed by atoms with E-state index in [1.54, 1.807) is 12.4 Å². The van der Waals surface area contributed by atoms with Crippen molar-refractivity contribution in [1.29, 1.82) is 0 Å². The average molecular weight is 414 g/mol. The quantitative estimate of drug-likeness (QED) is 0.488. The van der Waals surface area contributed by atoms with Crippen LogP contribution in [0.25, 0.3) is 10.8 Å². The molecule has 0 bridgehead atoms. The van der Waals surface area contributed by atoms with Gasteiger partial charge in [-0.05, 0) is 35.2 Å². The third-order valence-electron chi connectivity index (χ3n) is 4.39. The number of nitrogens with zero attached hydrogens (tertiary/aromatic N) is 3. The van der Waals surface area contributed by atoms with Crippen molar-refractivity contribution in [3.63, 3.8) is 0 Å². The molecule has 4 aromatic rings. The summed E-state index contributed by atoms with van der Waals surface area (Å²) in [5, 5.41) is 1.79. The van der Waals surface area contributed by atoms with E-state index < -0.39 is 17.2 Å². The number of hydrogen-bond donors (Lipinski definition) is 0. The largest absolute Gasteiger partial charge is 0.471 e. The van der Waals surface area contributed by atoms with E-state index in [9.17, 15) is 13.6 Å². The molecule has 0 aliphatic rings. The molecule has 0 radical (unpaired) electrons. The van der Waals surface area contributed by atoms with Gasteiger partial charge in [0.15, 0.2) is 5.02 Å². The molecule has 0 amide bonds. The highest BCUT2D eigenvalue weighted by Gasteiger charge is 2.13. The summed E-state index contributed by atoms with van der Waals surface area (Å²) < 4.78 is 33.4. The summed E-state index contributed by atoms with van der Waals surface area (Å²) in [4.78, 5) is 20.7. The van der Waals surface area contributed by atoms with Crippen LogP contribution in [-0.4, -0.2) is 14.5 Å². The Hall–Kier alpha value is -3.32. The van der Waals surface area contributed by atoms with Crippen LogP contribution in [0.3, 0.4) is 0 Å². The molecule has 0 spiro atoms. The lowest BCUT2D eigenvalue weighted by Crippen LogP contribution is -2.22. The lowest BCUT2D eigenvalue weighted by molar-refractivity contribution is 0.286. The SMILES string of the molecule is O=c1c(Cl)c(OCc2ccc(F)cc2F)ncn1Cc1ccc2cnccc2c1. The molecular weight excluding hydrogens is 400 g/mol. The Kier molecular flexibility index (Phi) is 5.22. The molecular formula is C21H14ClF2N3O2. The van der Waals surface area contributed by atoms with Gasteiger partial charge < -0.3 is 4.74 Å². The van der Waals surface area contributed by atoms with Crippen LogP contribution in [0.15, 0.2) is 66.0 Å². The van der Waals surface area contributed by atoms with Crippen molar-refractivity contribution < 1.29 is 13.5 Å². The summed E-state index contributed by atoms with van der Waals surface area (Å²) in [5.41, 5.74) is 0.538. The van der Waals surface area contributed by atoms with Crippen LogP contribution in [0.1, 0.15) is 11.1 Å². The lowest BCUT2D eigenvalue weighted by Gasteiger charge is -2.11. The minimum absolute atomic E-state index is 0.110. The van der Waals surface area contributed by atoms with Gasteiger partial charge >= 0.3 is 0 Å². The monoisotopic (exact) mass is 413 g/mol. The van der Waals surface area contributed by atoms with E-state index in [2.05, 4.69) is 9.97 Å². The summed E-state index contributed by atoms with van der Waals surface area (Å²) >= 11 is 6.11. The number of pyridine rings is 1. The van der Waals surface area contributed by atoms with Gasteiger partial charge in [-0.15, -0.1) is 0 Å². The molecule has 0 aliphatic carbocycles. The minimum Gasteiger partial charge on any atom is -0.471 e. The Morgan fingerprint density at radius 3 is 2.76 bits per heavy atom. The molecule has 2 heterocycles. The number of ether oxygens (including phenoxy) is 1. The molecule has 4 rings (SSSR count). The fourth-order valence-electron chi connectivity index (χ4n) is 2.87. The third-order valence-corrected chi connectivity index (χ3v) is 4.71. The zero-order valence-corrected chi connectivity index (χ0v) is 15.7. The van der Waals surface area contributed by atoms with Crippen LogP contribution >= 0.6 is 11.6 Å². The molecule has 2 aromatic heterocycles. The van der Waals surface area contributed by atoms with Crippen molar-refractivity contribution in [2.75, 3.05) is 0 Å². The second kappa shape index (κ2) is 7.97. The van der Waals surface area contributed by atoms with Crippen LogP contribution in [0.4, 0.5) is 8.78 Å². The number of hydrogen-bond acceptors (Lipinski definition) is 4. The van der Waals surface area contributed by atoms with E-state index in [0.717, 1.165) is 28.5 Å². The fourth-order valence-corrected chi connectivity index (χ4v) is 3.09. The highest BCUT2D eigenvalue weighted by atomic mass is 35.5. The Morgan fingerprint density at radius 1 is 1.07 bits per heavy atom. The van der Waals surface area contributed by atoms with Gasteiger partial charge in [-0.3, -0.25) is 14.3 Å². The second-order valence-corrected chi connectivity index (χ2v) is 6.76. The first kappa shape index (κ1) is 19.0. The highest BCUT2D eigenvalue weighted by molar-refractivity contribution is 6.31. The van der Waals surface area contributed by atoms with Crippen molar-refractivity contribution in [1.82, 2.24) is 14.5 Å². The van der Waals surface area contributed by atoms with Crippen molar-refractivity contribution in [2.45, 2.75) is 13.2 Å². The molecule has 0 N–H and O–H groups in total. The Labute approximate surface area is 169 Å². The van der Waals surface area contributed by atoms with E-state index in [4.69, 9.17) is 16.3 Å². The van der Waals surface area contributed by atoms with Gasteiger partial charge in [0.2, 0.25) is 5.88 Å². The Bertz CT molecular complexity index is 1260. The molecule has 8 heteroatoms. The normalized spacial score (nSPS) is 11.0. The first-order valence-corrected chi connectivity index (χ1v) is 9.03. The van der Waals surface area contributed by atoms with Gasteiger partial charge in [-0.1, -0.05) is 23.7 Å². The molecule has 2 aromatic carbocycles. The van der Waals surface area contributed by atoms with Crippen LogP contribution in [0, 0.1) is 11.6 Å². The van der Waals surface area contributed by atoms with Gasteiger partial charge in [-0.25, -0.2) is 13.8 Å². The summed E-state index contributed by atoms with van der Waals surface area (Å²) in [6.45, 7) is 0.0394. The van der Waals surface area contributed by atoms with E-state index in [0.29, 0.717) is 0 Å². The van der Waals surface area contributed by atoms with Gasteiger partial charge in [-0.2, -0.15) is 0 Å². The summed E-state index contributed by atoms with van der Waals surface area (Å²) in [5.74, 6) is -1.54. The van der Waals surface area contributed by atoms with Gasteiger partial charge in [0.25, 0.3) is 5.56 Å². The smallest absolute Gasteiger partial charge is 0.276 e. The number of halogens is 3. The van der Waals surface area contributed by atoms with Crippen LogP contribution < -0.4 is 10.3 Å². The number of aromatic nitrogens is 3. The first-order chi connectivity index (χ1) is 14.0. The van der Waals surface area contributed by atoms with Crippen LogP contribution in [0.2, 0.25) is 5.02 Å². The van der Waals surface area contributed by atoms with Crippen molar-refractivity contribution in [2.24, 2.45) is 0 Å². The van der Waals surface area contributed by atoms with E-state index in [1.807, 2.05) is 24.3 Å². The van der Waals surface area contributed by atoms with Gasteiger partial charge in [0, 0.05) is 29.4 Å². The van der Waals surface area contributed by atoms with Crippen molar-refractivity contribution >= 4 is 22.4 Å². The molecule has 0 unspecified atom stereocenters. The van der Waals surface area contributed by atoms with Crippen molar-refractivity contribution in [3.8, 4) is 5.88 Å². The predicted octanol–water partition coefficient (Wildman–Crippen LogP) is 4.35. The summed E-state index contributed by atoms with van der Waals surface area (Å²) in [6.07, 6.45) is 4.79. The molecule has 0 fully saturated rings. The minimum atomic E-state index is -0.749. The van der Waals surface area contributed by atoms with Crippen LogP contribution in [0.5, 0.6) is 5.88 Å². The van der Waals surface area contributed by atoms with E-state index in [-0.39, 0.29) is 29.6 Å². The lowest BCUT2D eigenvalue weighted by atomic mass is 10.1. The third kappa shape index (κ3) is 4.09. The molecule has 0 aliphatic heterocycles. The summed E-state index contributed by atoms with van der Waals surface area (Å²) in [6, 6.07) is 10.8. The number of rotatable bonds is 5. The predicted molar refractivity (Wildman–Crippen MR) is 105 cm³/mol. The van der Waals surface area contributed by atoms with E-state index >= 15 is 0 Å². The first-order valence-electron chi connectivity index (χ1n) is 8.65. The Morgan fingerprint density at radius 2 is 1.93 bits per heavy atom. The standard InChI is InChI=1S/C21H14ClF2N3O2/c22-19-20(29-11-16-3-4-17(23)8-18(16)24)26-12-27(21(19)28)10-13-1-2-15-9-25-6-5-14(15)7-13/h1-9,12H,10-11H2. The molecule has 0 saturated heterocycles. The molecule has 5 nitrogen and oxygen atoms in total. The molecule has 0 saturated carbocycles. The van der Waals surface area contributed by atoms with Crippen molar-refractivity contribution in [3.05, 3.63) is 99.3 Å². The maximum absolute atomic E-state index is 13.7. The zero-order chi connectivity index (χ0) is 20.4. The second-order valence-electron chi connectivity index (χ2n) is 6.38. The van der Waals surface area contributed by atoms with Gasteiger partial charge in [0.05, 0.1) is 6.54 Å².